The summed E-state index contributed by atoms with van der Waals surface area (Å²) < 4.78 is 0. The highest BCUT2D eigenvalue weighted by molar-refractivity contribution is 7.99. The number of hydrogen-bond donors (Lipinski definition) is 1. The molecule has 0 spiro atoms. The maximum atomic E-state index is 13.7. The van der Waals surface area contributed by atoms with Gasteiger partial charge < -0.3 is 10.2 Å². The van der Waals surface area contributed by atoms with E-state index in [9.17, 15) is 9.59 Å². The van der Waals surface area contributed by atoms with E-state index < -0.39 is 6.04 Å². The fourth-order valence-electron chi connectivity index (χ4n) is 3.91. The smallest absolute Gasteiger partial charge is 0.243 e. The second-order valence-electron chi connectivity index (χ2n) is 9.51. The summed E-state index contributed by atoms with van der Waals surface area (Å²) >= 11 is 1.59. The van der Waals surface area contributed by atoms with Crippen LogP contribution in [-0.2, 0) is 28.3 Å². The number of hydrogen-bond acceptors (Lipinski definition) is 3. The van der Waals surface area contributed by atoms with Crippen LogP contribution in [0.1, 0.15) is 48.1 Å². The third-order valence-corrected chi connectivity index (χ3v) is 7.35. The second-order valence-corrected chi connectivity index (χ2v) is 10.5. The van der Waals surface area contributed by atoms with Crippen LogP contribution in [0.15, 0.2) is 78.9 Å². The van der Waals surface area contributed by atoms with E-state index in [4.69, 9.17) is 0 Å². The van der Waals surface area contributed by atoms with Gasteiger partial charge in [-0.3, -0.25) is 9.59 Å². The highest BCUT2D eigenvalue weighted by Gasteiger charge is 2.30. The van der Waals surface area contributed by atoms with E-state index in [1.807, 2.05) is 63.2 Å². The van der Waals surface area contributed by atoms with Gasteiger partial charge in [0.15, 0.2) is 0 Å². The van der Waals surface area contributed by atoms with Crippen LogP contribution in [0.5, 0.6) is 0 Å². The highest BCUT2D eigenvalue weighted by Crippen LogP contribution is 2.19. The van der Waals surface area contributed by atoms with Gasteiger partial charge in [-0.2, -0.15) is 0 Å². The Kier molecular flexibility index (Phi) is 10.6. The van der Waals surface area contributed by atoms with Crippen molar-refractivity contribution in [1.29, 1.82) is 0 Å². The molecule has 0 fully saturated rings. The summed E-state index contributed by atoms with van der Waals surface area (Å²) in [6.45, 7) is 8.57. The van der Waals surface area contributed by atoms with Gasteiger partial charge in [0.25, 0.3) is 0 Å². The van der Waals surface area contributed by atoms with Gasteiger partial charge in [0, 0.05) is 24.8 Å². The lowest BCUT2D eigenvalue weighted by molar-refractivity contribution is -0.139. The number of rotatable bonds is 12. The number of aryl methyl sites for hydroxylation is 2. The normalized spacial score (nSPS) is 12.6. The van der Waals surface area contributed by atoms with E-state index in [1.54, 1.807) is 16.7 Å². The second kappa shape index (κ2) is 13.9. The molecule has 0 aliphatic carbocycles. The standard InChI is InChI=1S/C31H38N2O2S/c1-5-25(4)32-31(35)29(19-26-9-7-6-8-10-26)33(20-27-15-11-23(2)12-16-27)30(34)22-36-21-28-17-13-24(3)14-18-28/h6-18,25,29H,5,19-22H2,1-4H3,(H,32,35)/t25-,29-/m1/s1. The molecule has 0 saturated heterocycles. The van der Waals surface area contributed by atoms with Gasteiger partial charge in [-0.15, -0.1) is 11.8 Å². The molecule has 190 valence electrons. The SMILES string of the molecule is CC[C@@H](C)NC(=O)[C@@H](Cc1ccccc1)N(Cc1ccc(C)cc1)C(=O)CSCc1ccc(C)cc1. The largest absolute Gasteiger partial charge is 0.352 e. The van der Waals surface area contributed by atoms with Crippen molar-refractivity contribution in [3.63, 3.8) is 0 Å². The van der Waals surface area contributed by atoms with Crippen LogP contribution in [0.3, 0.4) is 0 Å². The number of carbonyl (C=O) groups excluding carboxylic acids is 2. The van der Waals surface area contributed by atoms with Gasteiger partial charge in [0.1, 0.15) is 6.04 Å². The van der Waals surface area contributed by atoms with Crippen LogP contribution < -0.4 is 5.32 Å². The van der Waals surface area contributed by atoms with Crippen molar-refractivity contribution < 1.29 is 9.59 Å². The molecule has 0 aliphatic rings. The highest BCUT2D eigenvalue weighted by atomic mass is 32.2. The molecule has 0 aliphatic heterocycles. The summed E-state index contributed by atoms with van der Waals surface area (Å²) in [5.74, 6) is 0.958. The van der Waals surface area contributed by atoms with Gasteiger partial charge in [-0.25, -0.2) is 0 Å². The lowest BCUT2D eigenvalue weighted by Gasteiger charge is -2.32. The van der Waals surface area contributed by atoms with Crippen molar-refractivity contribution >= 4 is 23.6 Å². The minimum Gasteiger partial charge on any atom is -0.352 e. The van der Waals surface area contributed by atoms with E-state index in [1.165, 1.54) is 16.7 Å². The van der Waals surface area contributed by atoms with Gasteiger partial charge >= 0.3 is 0 Å². The van der Waals surface area contributed by atoms with Crippen LogP contribution in [0.2, 0.25) is 0 Å². The molecule has 2 atom stereocenters. The topological polar surface area (TPSA) is 49.4 Å². The van der Waals surface area contributed by atoms with E-state index >= 15 is 0 Å². The Morgan fingerprint density at radius 3 is 2.00 bits per heavy atom. The Bertz CT molecular complexity index is 1100. The van der Waals surface area contributed by atoms with Gasteiger partial charge in [0.2, 0.25) is 11.8 Å². The molecule has 3 aromatic rings. The minimum absolute atomic E-state index is 0.0204. The molecular formula is C31H38N2O2S. The van der Waals surface area contributed by atoms with Gasteiger partial charge in [0.05, 0.1) is 5.75 Å². The number of benzene rings is 3. The van der Waals surface area contributed by atoms with Crippen molar-refractivity contribution in [1.82, 2.24) is 10.2 Å². The van der Waals surface area contributed by atoms with Gasteiger partial charge in [-0.1, -0.05) is 96.9 Å². The molecule has 0 heterocycles. The van der Waals surface area contributed by atoms with Crippen LogP contribution >= 0.6 is 11.8 Å². The summed E-state index contributed by atoms with van der Waals surface area (Å²) in [4.78, 5) is 29.0. The Labute approximate surface area is 220 Å². The number of nitrogens with zero attached hydrogens (tertiary/aromatic N) is 1. The molecule has 2 amide bonds. The quantitative estimate of drug-likeness (QED) is 0.326. The van der Waals surface area contributed by atoms with E-state index in [-0.39, 0.29) is 17.9 Å². The first-order chi connectivity index (χ1) is 17.4. The molecule has 3 rings (SSSR count). The van der Waals surface area contributed by atoms with Gasteiger partial charge in [-0.05, 0) is 43.9 Å². The zero-order valence-corrected chi connectivity index (χ0v) is 22.7. The van der Waals surface area contributed by atoms with E-state index in [2.05, 4.69) is 48.6 Å². The molecule has 3 aromatic carbocycles. The summed E-state index contributed by atoms with van der Waals surface area (Å²) in [6, 6.07) is 26.0. The molecular weight excluding hydrogens is 464 g/mol. The average Bonchev–Trinajstić information content (AvgIpc) is 2.88. The molecule has 1 N–H and O–H groups in total. The van der Waals surface area contributed by atoms with E-state index in [0.717, 1.165) is 23.3 Å². The summed E-state index contributed by atoms with van der Waals surface area (Å²) in [5, 5.41) is 3.13. The summed E-state index contributed by atoms with van der Waals surface area (Å²) in [7, 11) is 0. The number of amides is 2. The van der Waals surface area contributed by atoms with Crippen molar-refractivity contribution in [2.45, 2.75) is 64.9 Å². The third kappa shape index (κ3) is 8.56. The van der Waals surface area contributed by atoms with E-state index in [0.29, 0.717) is 18.7 Å². The van der Waals surface area contributed by atoms with Crippen LogP contribution in [0, 0.1) is 13.8 Å². The molecule has 36 heavy (non-hydrogen) atoms. The molecule has 5 heteroatoms. The summed E-state index contributed by atoms with van der Waals surface area (Å²) in [6.07, 6.45) is 1.31. The van der Waals surface area contributed by atoms with Crippen LogP contribution in [0.25, 0.3) is 0 Å². The Balaban J connectivity index is 1.84. The molecule has 0 aromatic heterocycles. The van der Waals surface area contributed by atoms with Crippen molar-refractivity contribution in [3.05, 3.63) is 107 Å². The first-order valence-electron chi connectivity index (χ1n) is 12.7. The lowest BCUT2D eigenvalue weighted by atomic mass is 10.0. The van der Waals surface area contributed by atoms with Crippen molar-refractivity contribution in [2.24, 2.45) is 0 Å². The predicted octanol–water partition coefficient (Wildman–Crippen LogP) is 6.09. The predicted molar refractivity (Wildman–Crippen MR) is 151 cm³/mol. The monoisotopic (exact) mass is 502 g/mol. The lowest BCUT2D eigenvalue weighted by Crippen LogP contribution is -2.52. The first-order valence-corrected chi connectivity index (χ1v) is 13.8. The fraction of sp³-hybridized carbons (Fsp3) is 0.355. The molecule has 0 bridgehead atoms. The minimum atomic E-state index is -0.588. The van der Waals surface area contributed by atoms with Crippen molar-refractivity contribution in [2.75, 3.05) is 5.75 Å². The number of carbonyl (C=O) groups is 2. The Hall–Kier alpha value is -3.05. The maximum Gasteiger partial charge on any atom is 0.243 e. The molecule has 0 unspecified atom stereocenters. The summed E-state index contributed by atoms with van der Waals surface area (Å²) in [5.41, 5.74) is 5.64. The zero-order valence-electron chi connectivity index (χ0n) is 21.9. The first kappa shape index (κ1) is 27.5. The molecule has 0 radical (unpaired) electrons. The van der Waals surface area contributed by atoms with Crippen LogP contribution in [-0.4, -0.2) is 34.6 Å². The Morgan fingerprint density at radius 2 is 1.42 bits per heavy atom. The van der Waals surface area contributed by atoms with Crippen LogP contribution in [0.4, 0.5) is 0 Å². The third-order valence-electron chi connectivity index (χ3n) is 6.36. The zero-order chi connectivity index (χ0) is 25.9. The molecule has 4 nitrogen and oxygen atoms in total. The average molecular weight is 503 g/mol. The number of thioether (sulfide) groups is 1. The fourth-order valence-corrected chi connectivity index (χ4v) is 4.78. The maximum absolute atomic E-state index is 13.7. The Morgan fingerprint density at radius 1 is 0.833 bits per heavy atom. The molecule has 0 saturated carbocycles. The number of nitrogens with one attached hydrogen (secondary N) is 1. The van der Waals surface area contributed by atoms with Crippen molar-refractivity contribution in [3.8, 4) is 0 Å².